The summed E-state index contributed by atoms with van der Waals surface area (Å²) in [6, 6.07) is 16.7. The number of carbonyl (C=O) groups is 1. The topological polar surface area (TPSA) is 41.6 Å². The summed E-state index contributed by atoms with van der Waals surface area (Å²) >= 11 is 0. The van der Waals surface area contributed by atoms with Crippen molar-refractivity contribution in [2.24, 2.45) is 5.92 Å². The maximum absolute atomic E-state index is 12.1. The molecule has 0 atom stereocenters. The number of aryl methyl sites for hydroxylation is 1. The quantitative estimate of drug-likeness (QED) is 0.817. The summed E-state index contributed by atoms with van der Waals surface area (Å²) in [4.78, 5) is 14.1. The predicted octanol–water partition coefficient (Wildman–Crippen LogP) is 4.52. The number of likely N-dealkylation sites (tertiary alicyclic amines) is 1. The van der Waals surface area contributed by atoms with E-state index >= 15 is 0 Å². The molecule has 27 heavy (non-hydrogen) atoms. The van der Waals surface area contributed by atoms with Crippen molar-refractivity contribution >= 4 is 5.91 Å². The minimum absolute atomic E-state index is 0.0836. The van der Waals surface area contributed by atoms with Gasteiger partial charge in [-0.1, -0.05) is 49.7 Å². The van der Waals surface area contributed by atoms with Gasteiger partial charge in [0.05, 0.1) is 0 Å². The van der Waals surface area contributed by atoms with Crippen molar-refractivity contribution in [3.05, 3.63) is 59.7 Å². The Labute approximate surface area is 162 Å². The minimum atomic E-state index is 0.0836. The van der Waals surface area contributed by atoms with Crippen molar-refractivity contribution in [1.29, 1.82) is 0 Å². The maximum atomic E-state index is 12.1. The fourth-order valence-corrected chi connectivity index (χ4v) is 3.41. The van der Waals surface area contributed by atoms with Gasteiger partial charge < -0.3 is 15.0 Å². The van der Waals surface area contributed by atoms with Gasteiger partial charge >= 0.3 is 0 Å². The third-order valence-corrected chi connectivity index (χ3v) is 5.10. The number of hydrogen-bond donors (Lipinski definition) is 1. The molecular formula is C23H30N2O2. The number of benzene rings is 2. The lowest BCUT2D eigenvalue weighted by molar-refractivity contribution is -0.135. The molecule has 1 amide bonds. The number of para-hydroxylation sites is 1. The van der Waals surface area contributed by atoms with E-state index < -0.39 is 0 Å². The van der Waals surface area contributed by atoms with Gasteiger partial charge in [-0.15, -0.1) is 0 Å². The Kier molecular flexibility index (Phi) is 6.51. The molecule has 0 aliphatic carbocycles. The summed E-state index contributed by atoms with van der Waals surface area (Å²) in [5.74, 6) is 2.10. The van der Waals surface area contributed by atoms with Crippen LogP contribution in [-0.2, 0) is 11.3 Å². The molecule has 2 aromatic rings. The number of piperidine rings is 1. The molecule has 0 saturated carbocycles. The Morgan fingerprint density at radius 1 is 1.11 bits per heavy atom. The van der Waals surface area contributed by atoms with E-state index in [0.29, 0.717) is 6.04 Å². The Bertz CT molecular complexity index is 747. The Morgan fingerprint density at radius 3 is 2.44 bits per heavy atom. The molecule has 1 fully saturated rings. The van der Waals surface area contributed by atoms with Gasteiger partial charge in [-0.3, -0.25) is 4.79 Å². The normalized spacial score (nSPS) is 15.2. The molecule has 1 N–H and O–H groups in total. The third-order valence-electron chi connectivity index (χ3n) is 5.10. The second-order valence-corrected chi connectivity index (χ2v) is 7.66. The molecule has 4 heteroatoms. The zero-order valence-corrected chi connectivity index (χ0v) is 16.6. The minimum Gasteiger partial charge on any atom is -0.457 e. The van der Waals surface area contributed by atoms with Crippen LogP contribution in [0.15, 0.2) is 48.5 Å². The average Bonchev–Trinajstić information content (AvgIpc) is 2.69. The second kappa shape index (κ2) is 9.05. The molecule has 0 bridgehead atoms. The van der Waals surface area contributed by atoms with Crippen molar-refractivity contribution < 1.29 is 9.53 Å². The Balaban J connectivity index is 1.54. The summed E-state index contributed by atoms with van der Waals surface area (Å²) in [5.41, 5.74) is 2.37. The highest BCUT2D eigenvalue weighted by atomic mass is 16.5. The van der Waals surface area contributed by atoms with Gasteiger partial charge in [-0.05, 0) is 38.0 Å². The van der Waals surface area contributed by atoms with Gasteiger partial charge in [0.15, 0.2) is 0 Å². The van der Waals surface area contributed by atoms with Crippen LogP contribution in [0, 0.1) is 12.8 Å². The monoisotopic (exact) mass is 366 g/mol. The lowest BCUT2D eigenvalue weighted by atomic mass is 10.0. The number of ether oxygens (including phenoxy) is 1. The highest BCUT2D eigenvalue weighted by Gasteiger charge is 2.24. The molecule has 2 aromatic carbocycles. The summed E-state index contributed by atoms with van der Waals surface area (Å²) < 4.78 is 6.09. The van der Waals surface area contributed by atoms with Crippen LogP contribution in [-0.4, -0.2) is 29.9 Å². The molecule has 1 saturated heterocycles. The van der Waals surface area contributed by atoms with Crippen molar-refractivity contribution in [3.8, 4) is 11.5 Å². The first-order valence-corrected chi connectivity index (χ1v) is 9.87. The first-order valence-electron chi connectivity index (χ1n) is 9.87. The summed E-state index contributed by atoms with van der Waals surface area (Å²) in [5, 5.41) is 3.64. The SMILES string of the molecule is Cc1ccc(Oc2ccccc2CNC2CCN(C(=O)C(C)C)CC2)cc1. The third kappa shape index (κ3) is 5.33. The Morgan fingerprint density at radius 2 is 1.78 bits per heavy atom. The molecule has 1 aliphatic rings. The van der Waals surface area contributed by atoms with Gasteiger partial charge in [-0.2, -0.15) is 0 Å². The molecule has 1 heterocycles. The highest BCUT2D eigenvalue weighted by molar-refractivity contribution is 5.78. The van der Waals surface area contributed by atoms with Crippen molar-refractivity contribution in [2.45, 2.75) is 46.2 Å². The number of hydrogen-bond acceptors (Lipinski definition) is 3. The number of amides is 1. The van der Waals surface area contributed by atoms with Gasteiger partial charge in [-0.25, -0.2) is 0 Å². The van der Waals surface area contributed by atoms with E-state index in [1.165, 1.54) is 5.56 Å². The van der Waals surface area contributed by atoms with Crippen LogP contribution in [0.5, 0.6) is 11.5 Å². The van der Waals surface area contributed by atoms with E-state index in [2.05, 4.69) is 30.4 Å². The fraction of sp³-hybridized carbons (Fsp3) is 0.435. The summed E-state index contributed by atoms with van der Waals surface area (Å²) in [6.45, 7) is 8.47. The van der Waals surface area contributed by atoms with Crippen molar-refractivity contribution in [1.82, 2.24) is 10.2 Å². The van der Waals surface area contributed by atoms with Crippen LogP contribution in [0.1, 0.15) is 37.8 Å². The predicted molar refractivity (Wildman–Crippen MR) is 109 cm³/mol. The molecule has 0 unspecified atom stereocenters. The molecular weight excluding hydrogens is 336 g/mol. The van der Waals surface area contributed by atoms with Gasteiger partial charge in [0.2, 0.25) is 5.91 Å². The van der Waals surface area contributed by atoms with E-state index in [1.54, 1.807) is 0 Å². The van der Waals surface area contributed by atoms with E-state index in [1.807, 2.05) is 49.1 Å². The number of nitrogens with one attached hydrogen (secondary N) is 1. The van der Waals surface area contributed by atoms with Crippen LogP contribution >= 0.6 is 0 Å². The zero-order valence-electron chi connectivity index (χ0n) is 16.6. The lowest BCUT2D eigenvalue weighted by Gasteiger charge is -2.33. The maximum Gasteiger partial charge on any atom is 0.225 e. The van der Waals surface area contributed by atoms with E-state index in [0.717, 1.165) is 49.5 Å². The van der Waals surface area contributed by atoms with E-state index in [9.17, 15) is 4.79 Å². The van der Waals surface area contributed by atoms with Crippen LogP contribution in [0.3, 0.4) is 0 Å². The van der Waals surface area contributed by atoms with Crippen LogP contribution in [0.4, 0.5) is 0 Å². The highest BCUT2D eigenvalue weighted by Crippen LogP contribution is 2.26. The largest absolute Gasteiger partial charge is 0.457 e. The smallest absolute Gasteiger partial charge is 0.225 e. The van der Waals surface area contributed by atoms with Gasteiger partial charge in [0, 0.05) is 37.2 Å². The molecule has 0 aromatic heterocycles. The van der Waals surface area contributed by atoms with Crippen molar-refractivity contribution in [3.63, 3.8) is 0 Å². The first kappa shape index (κ1) is 19.4. The lowest BCUT2D eigenvalue weighted by Crippen LogP contribution is -2.46. The molecule has 4 nitrogen and oxygen atoms in total. The fourth-order valence-electron chi connectivity index (χ4n) is 3.41. The summed E-state index contributed by atoms with van der Waals surface area (Å²) in [7, 11) is 0. The van der Waals surface area contributed by atoms with Crippen LogP contribution < -0.4 is 10.1 Å². The van der Waals surface area contributed by atoms with Gasteiger partial charge in [0.25, 0.3) is 0 Å². The van der Waals surface area contributed by atoms with Crippen molar-refractivity contribution in [2.75, 3.05) is 13.1 Å². The number of nitrogens with zero attached hydrogens (tertiary/aromatic N) is 1. The van der Waals surface area contributed by atoms with E-state index in [-0.39, 0.29) is 11.8 Å². The number of carbonyl (C=O) groups excluding carboxylic acids is 1. The molecule has 144 valence electrons. The van der Waals surface area contributed by atoms with Gasteiger partial charge in [0.1, 0.15) is 11.5 Å². The number of rotatable bonds is 6. The second-order valence-electron chi connectivity index (χ2n) is 7.66. The average molecular weight is 367 g/mol. The summed E-state index contributed by atoms with van der Waals surface area (Å²) in [6.07, 6.45) is 2.00. The zero-order chi connectivity index (χ0) is 19.2. The van der Waals surface area contributed by atoms with Crippen LogP contribution in [0.25, 0.3) is 0 Å². The molecule has 0 radical (unpaired) electrons. The van der Waals surface area contributed by atoms with E-state index in [4.69, 9.17) is 4.74 Å². The first-order chi connectivity index (χ1) is 13.0. The van der Waals surface area contributed by atoms with Crippen LogP contribution in [0.2, 0.25) is 0 Å². The standard InChI is InChI=1S/C23H30N2O2/c1-17(2)23(26)25-14-12-20(13-15-25)24-16-19-6-4-5-7-22(19)27-21-10-8-18(3)9-11-21/h4-11,17,20,24H,12-16H2,1-3H3. The Hall–Kier alpha value is -2.33. The molecule has 3 rings (SSSR count). The molecule has 0 spiro atoms. The molecule has 1 aliphatic heterocycles.